The molecule has 0 radical (unpaired) electrons. The molecule has 2 aromatic rings. The van der Waals surface area contributed by atoms with Gasteiger partial charge in [0.25, 0.3) is 0 Å². The zero-order chi connectivity index (χ0) is 18.7. The van der Waals surface area contributed by atoms with Crippen molar-refractivity contribution < 1.29 is 14.3 Å². The Morgan fingerprint density at radius 3 is 2.73 bits per heavy atom. The lowest BCUT2D eigenvalue weighted by Crippen LogP contribution is -2.37. The highest BCUT2D eigenvalue weighted by molar-refractivity contribution is 6.31. The van der Waals surface area contributed by atoms with E-state index >= 15 is 0 Å². The Bertz CT molecular complexity index is 841. The van der Waals surface area contributed by atoms with Gasteiger partial charge in [0.05, 0.1) is 12.8 Å². The van der Waals surface area contributed by atoms with Gasteiger partial charge in [-0.15, -0.1) is 0 Å². The number of urea groups is 1. The summed E-state index contributed by atoms with van der Waals surface area (Å²) in [6.07, 6.45) is 0. The molecule has 0 aliphatic carbocycles. The van der Waals surface area contributed by atoms with Crippen LogP contribution in [0.1, 0.15) is 5.56 Å². The highest BCUT2D eigenvalue weighted by atomic mass is 35.5. The number of ether oxygens (including phenoxy) is 1. The lowest BCUT2D eigenvalue weighted by atomic mass is 10.2. The molecule has 0 aromatic heterocycles. The molecular formula is C19H20ClN3O3. The molecule has 1 fully saturated rings. The van der Waals surface area contributed by atoms with E-state index in [2.05, 4.69) is 5.32 Å². The summed E-state index contributed by atoms with van der Waals surface area (Å²) in [6.45, 7) is 2.79. The number of amides is 3. The van der Waals surface area contributed by atoms with Crippen LogP contribution in [0.25, 0.3) is 0 Å². The van der Waals surface area contributed by atoms with E-state index in [0.717, 1.165) is 5.56 Å². The molecule has 1 N–H and O–H groups in total. The number of carbonyl (C=O) groups is 2. The second-order valence-electron chi connectivity index (χ2n) is 5.99. The van der Waals surface area contributed by atoms with E-state index in [1.54, 1.807) is 36.3 Å². The van der Waals surface area contributed by atoms with Crippen molar-refractivity contribution in [1.29, 1.82) is 0 Å². The third-order valence-electron chi connectivity index (χ3n) is 4.35. The fraction of sp³-hybridized carbons (Fsp3) is 0.263. The first-order chi connectivity index (χ1) is 12.5. The number of carbonyl (C=O) groups excluding carboxylic acids is 2. The molecule has 0 atom stereocenters. The van der Waals surface area contributed by atoms with Gasteiger partial charge in [0.1, 0.15) is 12.3 Å². The zero-order valence-corrected chi connectivity index (χ0v) is 15.4. The Morgan fingerprint density at radius 2 is 1.96 bits per heavy atom. The molecule has 0 bridgehead atoms. The van der Waals surface area contributed by atoms with E-state index < -0.39 is 0 Å². The van der Waals surface area contributed by atoms with E-state index in [0.29, 0.717) is 35.2 Å². The molecular weight excluding hydrogens is 354 g/mol. The summed E-state index contributed by atoms with van der Waals surface area (Å²) in [7, 11) is 1.57. The standard InChI is InChI=1S/C19H20ClN3O3/c1-13-14(20)6-5-7-15(13)21-18(24)12-22-10-11-23(19(22)25)16-8-3-4-9-17(16)26-2/h3-9H,10-12H2,1-2H3,(H,21,24). The number of halogens is 1. The molecule has 6 nitrogen and oxygen atoms in total. The van der Waals surface area contributed by atoms with Gasteiger partial charge in [-0.05, 0) is 36.8 Å². The molecule has 7 heteroatoms. The topological polar surface area (TPSA) is 61.9 Å². The average molecular weight is 374 g/mol. The van der Waals surface area contributed by atoms with Crippen LogP contribution in [0.2, 0.25) is 5.02 Å². The molecule has 0 saturated carbocycles. The zero-order valence-electron chi connectivity index (χ0n) is 14.7. The highest BCUT2D eigenvalue weighted by Crippen LogP contribution is 2.30. The van der Waals surface area contributed by atoms with Gasteiger partial charge in [-0.3, -0.25) is 9.69 Å². The van der Waals surface area contributed by atoms with Crippen molar-refractivity contribution >= 4 is 34.9 Å². The Balaban J connectivity index is 1.67. The maximum Gasteiger partial charge on any atom is 0.325 e. The number of benzene rings is 2. The predicted molar refractivity (Wildman–Crippen MR) is 102 cm³/mol. The first kappa shape index (κ1) is 18.1. The Kier molecular flexibility index (Phi) is 5.32. The van der Waals surface area contributed by atoms with Crippen molar-refractivity contribution in [2.24, 2.45) is 0 Å². The van der Waals surface area contributed by atoms with Crippen LogP contribution in [-0.4, -0.2) is 43.6 Å². The molecule has 3 amide bonds. The smallest absolute Gasteiger partial charge is 0.325 e. The van der Waals surface area contributed by atoms with E-state index in [4.69, 9.17) is 16.3 Å². The number of para-hydroxylation sites is 2. The molecule has 1 saturated heterocycles. The van der Waals surface area contributed by atoms with Crippen LogP contribution < -0.4 is 15.0 Å². The van der Waals surface area contributed by atoms with Crippen molar-refractivity contribution in [2.75, 3.05) is 37.0 Å². The number of hydrogen-bond acceptors (Lipinski definition) is 3. The Labute approximate surface area is 157 Å². The summed E-state index contributed by atoms with van der Waals surface area (Å²) in [5, 5.41) is 3.40. The lowest BCUT2D eigenvalue weighted by Gasteiger charge is -2.20. The minimum atomic E-state index is -0.259. The van der Waals surface area contributed by atoms with Crippen LogP contribution in [-0.2, 0) is 4.79 Å². The van der Waals surface area contributed by atoms with Crippen LogP contribution in [0.3, 0.4) is 0 Å². The normalized spacial score (nSPS) is 13.9. The molecule has 3 rings (SSSR count). The summed E-state index contributed by atoms with van der Waals surface area (Å²) >= 11 is 6.07. The Hall–Kier alpha value is -2.73. The van der Waals surface area contributed by atoms with Crippen LogP contribution in [0.4, 0.5) is 16.2 Å². The van der Waals surface area contributed by atoms with Crippen molar-refractivity contribution in [3.8, 4) is 5.75 Å². The molecule has 1 heterocycles. The van der Waals surface area contributed by atoms with Gasteiger partial charge in [0, 0.05) is 23.8 Å². The summed E-state index contributed by atoms with van der Waals surface area (Å²) in [4.78, 5) is 28.2. The fourth-order valence-electron chi connectivity index (χ4n) is 2.91. The monoisotopic (exact) mass is 373 g/mol. The number of nitrogens with zero attached hydrogens (tertiary/aromatic N) is 2. The summed E-state index contributed by atoms with van der Waals surface area (Å²) < 4.78 is 5.32. The SMILES string of the molecule is COc1ccccc1N1CCN(CC(=O)Nc2cccc(Cl)c2C)C1=O. The van der Waals surface area contributed by atoms with Crippen molar-refractivity contribution in [3.63, 3.8) is 0 Å². The quantitative estimate of drug-likeness (QED) is 0.872. The van der Waals surface area contributed by atoms with E-state index in [9.17, 15) is 9.59 Å². The van der Waals surface area contributed by atoms with Crippen LogP contribution in [0, 0.1) is 6.92 Å². The van der Waals surface area contributed by atoms with E-state index in [1.165, 1.54) is 4.90 Å². The average Bonchev–Trinajstić information content (AvgIpc) is 2.99. The lowest BCUT2D eigenvalue weighted by molar-refractivity contribution is -0.116. The van der Waals surface area contributed by atoms with Crippen molar-refractivity contribution in [3.05, 3.63) is 53.1 Å². The number of hydrogen-bond donors (Lipinski definition) is 1. The molecule has 26 heavy (non-hydrogen) atoms. The minimum absolute atomic E-state index is 0.0174. The second kappa shape index (κ2) is 7.66. The van der Waals surface area contributed by atoms with Gasteiger partial charge >= 0.3 is 6.03 Å². The molecule has 0 unspecified atom stereocenters. The first-order valence-electron chi connectivity index (χ1n) is 8.25. The summed E-state index contributed by atoms with van der Waals surface area (Å²) in [6, 6.07) is 12.4. The summed E-state index contributed by atoms with van der Waals surface area (Å²) in [5.74, 6) is 0.368. The maximum atomic E-state index is 12.7. The van der Waals surface area contributed by atoms with Crippen LogP contribution in [0.15, 0.2) is 42.5 Å². The number of nitrogens with one attached hydrogen (secondary N) is 1. The second-order valence-corrected chi connectivity index (χ2v) is 6.40. The first-order valence-corrected chi connectivity index (χ1v) is 8.63. The molecule has 1 aliphatic rings. The van der Waals surface area contributed by atoms with Crippen LogP contribution >= 0.6 is 11.6 Å². The highest BCUT2D eigenvalue weighted by Gasteiger charge is 2.32. The molecule has 136 valence electrons. The van der Waals surface area contributed by atoms with Gasteiger partial charge in [-0.2, -0.15) is 0 Å². The van der Waals surface area contributed by atoms with Crippen molar-refractivity contribution in [2.45, 2.75) is 6.92 Å². The van der Waals surface area contributed by atoms with E-state index in [-0.39, 0.29) is 18.5 Å². The third-order valence-corrected chi connectivity index (χ3v) is 4.76. The molecule has 1 aliphatic heterocycles. The van der Waals surface area contributed by atoms with Gasteiger partial charge < -0.3 is 15.0 Å². The largest absolute Gasteiger partial charge is 0.495 e. The van der Waals surface area contributed by atoms with Gasteiger partial charge in [-0.1, -0.05) is 29.8 Å². The molecule has 2 aromatic carbocycles. The minimum Gasteiger partial charge on any atom is -0.495 e. The number of rotatable bonds is 5. The van der Waals surface area contributed by atoms with E-state index in [1.807, 2.05) is 25.1 Å². The third kappa shape index (κ3) is 3.60. The maximum absolute atomic E-state index is 12.7. The van der Waals surface area contributed by atoms with Crippen molar-refractivity contribution in [1.82, 2.24) is 4.90 Å². The molecule has 0 spiro atoms. The van der Waals surface area contributed by atoms with Gasteiger partial charge in [-0.25, -0.2) is 4.79 Å². The predicted octanol–water partition coefficient (Wildman–Crippen LogP) is 3.54. The Morgan fingerprint density at radius 1 is 1.19 bits per heavy atom. The summed E-state index contributed by atoms with van der Waals surface area (Å²) in [5.41, 5.74) is 2.15. The van der Waals surface area contributed by atoms with Gasteiger partial charge in [0.15, 0.2) is 0 Å². The number of anilines is 2. The number of methoxy groups -OCH3 is 1. The van der Waals surface area contributed by atoms with Gasteiger partial charge in [0.2, 0.25) is 5.91 Å². The fourth-order valence-corrected chi connectivity index (χ4v) is 3.09. The van der Waals surface area contributed by atoms with Crippen LogP contribution in [0.5, 0.6) is 5.75 Å².